The van der Waals surface area contributed by atoms with E-state index in [2.05, 4.69) is 10.1 Å². The van der Waals surface area contributed by atoms with E-state index in [0.717, 1.165) is 5.56 Å². The van der Waals surface area contributed by atoms with E-state index in [9.17, 15) is 9.59 Å². The van der Waals surface area contributed by atoms with Crippen LogP contribution in [0.15, 0.2) is 29.5 Å². The molecule has 0 aliphatic rings. The summed E-state index contributed by atoms with van der Waals surface area (Å²) in [5.74, 6) is -0.627. The Balaban J connectivity index is 2.11. The third-order valence-corrected chi connectivity index (χ3v) is 2.50. The number of pyridine rings is 1. The summed E-state index contributed by atoms with van der Waals surface area (Å²) in [5.41, 5.74) is 0.971. The molecule has 2 aromatic rings. The van der Waals surface area contributed by atoms with Crippen LogP contribution >= 0.6 is 0 Å². The molecule has 2 heterocycles. The second-order valence-corrected chi connectivity index (χ2v) is 3.96. The van der Waals surface area contributed by atoms with Crippen molar-refractivity contribution in [3.8, 4) is 0 Å². The second kappa shape index (κ2) is 4.87. The highest BCUT2D eigenvalue weighted by Gasteiger charge is 2.15. The van der Waals surface area contributed by atoms with Crippen LogP contribution in [0.2, 0.25) is 0 Å². The number of carbonyl (C=O) groups excluding carboxylic acids is 1. The van der Waals surface area contributed by atoms with E-state index < -0.39 is 11.5 Å². The number of H-pyrrole nitrogens is 1. The zero-order valence-corrected chi connectivity index (χ0v) is 10.1. The molecule has 0 aliphatic carbocycles. The standard InChI is InChI=1S/C12H13N3O3/c1-8-3-4-13-11(16)10(8)12(17)18-7-9-5-14-15(2)6-9/h3-6H,7H2,1-2H3,(H,13,16). The van der Waals surface area contributed by atoms with Crippen LogP contribution in [0.5, 0.6) is 0 Å². The van der Waals surface area contributed by atoms with Gasteiger partial charge in [-0.15, -0.1) is 0 Å². The molecule has 94 valence electrons. The van der Waals surface area contributed by atoms with E-state index in [4.69, 9.17) is 4.74 Å². The molecule has 0 unspecified atom stereocenters. The molecule has 6 nitrogen and oxygen atoms in total. The van der Waals surface area contributed by atoms with Crippen LogP contribution in [0.1, 0.15) is 21.5 Å². The maximum atomic E-state index is 11.8. The molecule has 6 heteroatoms. The van der Waals surface area contributed by atoms with E-state index >= 15 is 0 Å². The van der Waals surface area contributed by atoms with Gasteiger partial charge in [0.2, 0.25) is 0 Å². The third kappa shape index (κ3) is 2.48. The monoisotopic (exact) mass is 247 g/mol. The zero-order valence-electron chi connectivity index (χ0n) is 10.1. The van der Waals surface area contributed by atoms with Gasteiger partial charge in [-0.25, -0.2) is 4.79 Å². The first-order valence-electron chi connectivity index (χ1n) is 5.41. The lowest BCUT2D eigenvalue weighted by Crippen LogP contribution is -2.20. The summed E-state index contributed by atoms with van der Waals surface area (Å²) in [5, 5.41) is 3.96. The summed E-state index contributed by atoms with van der Waals surface area (Å²) in [4.78, 5) is 25.8. The number of ether oxygens (including phenoxy) is 1. The minimum Gasteiger partial charge on any atom is -0.457 e. The van der Waals surface area contributed by atoms with Crippen molar-refractivity contribution in [2.75, 3.05) is 0 Å². The summed E-state index contributed by atoms with van der Waals surface area (Å²) in [6, 6.07) is 1.65. The third-order valence-electron chi connectivity index (χ3n) is 2.50. The molecule has 0 atom stereocenters. The fourth-order valence-electron chi connectivity index (χ4n) is 1.60. The number of hydrogen-bond donors (Lipinski definition) is 1. The molecule has 2 aromatic heterocycles. The van der Waals surface area contributed by atoms with Gasteiger partial charge < -0.3 is 9.72 Å². The molecule has 0 saturated carbocycles. The van der Waals surface area contributed by atoms with E-state index in [0.29, 0.717) is 5.56 Å². The van der Waals surface area contributed by atoms with Crippen molar-refractivity contribution in [2.24, 2.45) is 7.05 Å². The van der Waals surface area contributed by atoms with Gasteiger partial charge in [0, 0.05) is 25.0 Å². The Labute approximate surface area is 103 Å². The highest BCUT2D eigenvalue weighted by Crippen LogP contribution is 2.05. The van der Waals surface area contributed by atoms with Crippen LogP contribution in [0, 0.1) is 6.92 Å². The first-order valence-corrected chi connectivity index (χ1v) is 5.41. The Kier molecular flexibility index (Phi) is 3.27. The Morgan fingerprint density at radius 2 is 2.33 bits per heavy atom. The summed E-state index contributed by atoms with van der Waals surface area (Å²) < 4.78 is 6.69. The van der Waals surface area contributed by atoms with Crippen molar-refractivity contribution in [1.29, 1.82) is 0 Å². The molecular formula is C12H13N3O3. The van der Waals surface area contributed by atoms with Gasteiger partial charge >= 0.3 is 5.97 Å². The first kappa shape index (κ1) is 12.1. The second-order valence-electron chi connectivity index (χ2n) is 3.96. The lowest BCUT2D eigenvalue weighted by Gasteiger charge is -2.04. The zero-order chi connectivity index (χ0) is 13.1. The van der Waals surface area contributed by atoms with Gasteiger partial charge in [0.15, 0.2) is 0 Å². The van der Waals surface area contributed by atoms with Crippen molar-refractivity contribution >= 4 is 5.97 Å². The molecule has 18 heavy (non-hydrogen) atoms. The average molecular weight is 247 g/mol. The quantitative estimate of drug-likeness (QED) is 0.813. The fourth-order valence-corrected chi connectivity index (χ4v) is 1.60. The number of aryl methyl sites for hydroxylation is 2. The first-order chi connectivity index (χ1) is 8.58. The maximum absolute atomic E-state index is 11.8. The van der Waals surface area contributed by atoms with Crippen molar-refractivity contribution in [1.82, 2.24) is 14.8 Å². The Morgan fingerprint density at radius 1 is 1.56 bits per heavy atom. The lowest BCUT2D eigenvalue weighted by molar-refractivity contribution is 0.0469. The van der Waals surface area contributed by atoms with E-state index in [1.807, 2.05) is 0 Å². The topological polar surface area (TPSA) is 77.0 Å². The predicted octanol–water partition coefficient (Wildman–Crippen LogP) is 0.774. The SMILES string of the molecule is Cc1cc[nH]c(=O)c1C(=O)OCc1cnn(C)c1. The van der Waals surface area contributed by atoms with Crippen LogP contribution in [0.25, 0.3) is 0 Å². The smallest absolute Gasteiger partial charge is 0.344 e. The number of aromatic amines is 1. The predicted molar refractivity (Wildman–Crippen MR) is 64.1 cm³/mol. The van der Waals surface area contributed by atoms with E-state index in [1.165, 1.54) is 6.20 Å². The minimum absolute atomic E-state index is 0.0430. The maximum Gasteiger partial charge on any atom is 0.344 e. The number of esters is 1. The Morgan fingerprint density at radius 3 is 2.94 bits per heavy atom. The van der Waals surface area contributed by atoms with Crippen molar-refractivity contribution in [3.05, 3.63) is 51.7 Å². The Hall–Kier alpha value is -2.37. The normalized spacial score (nSPS) is 10.3. The van der Waals surface area contributed by atoms with Crippen LogP contribution < -0.4 is 5.56 Å². The van der Waals surface area contributed by atoms with Crippen molar-refractivity contribution in [2.45, 2.75) is 13.5 Å². The number of aromatic nitrogens is 3. The number of rotatable bonds is 3. The number of carbonyl (C=O) groups is 1. The van der Waals surface area contributed by atoms with Gasteiger partial charge in [-0.1, -0.05) is 0 Å². The van der Waals surface area contributed by atoms with Crippen molar-refractivity contribution < 1.29 is 9.53 Å². The van der Waals surface area contributed by atoms with Gasteiger partial charge in [0.1, 0.15) is 12.2 Å². The average Bonchev–Trinajstić information content (AvgIpc) is 2.72. The summed E-state index contributed by atoms with van der Waals surface area (Å²) in [6.07, 6.45) is 4.85. The van der Waals surface area contributed by atoms with Gasteiger partial charge in [-0.05, 0) is 18.6 Å². The van der Waals surface area contributed by atoms with E-state index in [1.54, 1.807) is 37.1 Å². The Bertz CT molecular complexity index is 627. The molecule has 0 saturated heterocycles. The van der Waals surface area contributed by atoms with Crippen LogP contribution in [-0.4, -0.2) is 20.7 Å². The highest BCUT2D eigenvalue weighted by atomic mass is 16.5. The summed E-state index contributed by atoms with van der Waals surface area (Å²) in [7, 11) is 1.78. The fraction of sp³-hybridized carbons (Fsp3) is 0.250. The molecule has 0 fully saturated rings. The lowest BCUT2D eigenvalue weighted by atomic mass is 10.1. The number of nitrogens with zero attached hydrogens (tertiary/aromatic N) is 2. The summed E-state index contributed by atoms with van der Waals surface area (Å²) >= 11 is 0. The van der Waals surface area contributed by atoms with Gasteiger partial charge in [-0.2, -0.15) is 5.10 Å². The summed E-state index contributed by atoms with van der Waals surface area (Å²) in [6.45, 7) is 1.79. The number of hydrogen-bond acceptors (Lipinski definition) is 4. The van der Waals surface area contributed by atoms with E-state index in [-0.39, 0.29) is 12.2 Å². The number of nitrogens with one attached hydrogen (secondary N) is 1. The van der Waals surface area contributed by atoms with Gasteiger partial charge in [0.05, 0.1) is 6.20 Å². The molecule has 0 radical (unpaired) electrons. The van der Waals surface area contributed by atoms with Crippen molar-refractivity contribution in [3.63, 3.8) is 0 Å². The molecule has 0 aromatic carbocycles. The molecule has 2 rings (SSSR count). The molecule has 0 spiro atoms. The van der Waals surface area contributed by atoms with Gasteiger partial charge in [-0.3, -0.25) is 9.48 Å². The minimum atomic E-state index is -0.627. The molecular weight excluding hydrogens is 234 g/mol. The molecule has 0 aliphatic heterocycles. The molecule has 1 N–H and O–H groups in total. The molecule has 0 bridgehead atoms. The molecule has 0 amide bonds. The largest absolute Gasteiger partial charge is 0.457 e. The van der Waals surface area contributed by atoms with Crippen LogP contribution in [0.4, 0.5) is 0 Å². The highest BCUT2D eigenvalue weighted by molar-refractivity contribution is 5.90. The van der Waals surface area contributed by atoms with Crippen LogP contribution in [0.3, 0.4) is 0 Å². The van der Waals surface area contributed by atoms with Crippen LogP contribution in [-0.2, 0) is 18.4 Å². The van der Waals surface area contributed by atoms with Gasteiger partial charge in [0.25, 0.3) is 5.56 Å².